The summed E-state index contributed by atoms with van der Waals surface area (Å²) < 4.78 is 0.831. The van der Waals surface area contributed by atoms with E-state index in [1.165, 1.54) is 0 Å². The highest BCUT2D eigenvalue weighted by Gasteiger charge is 2.39. The number of anilines is 2. The van der Waals surface area contributed by atoms with Gasteiger partial charge in [-0.25, -0.2) is 4.90 Å². The number of likely N-dealkylation sites (tertiary alicyclic amines) is 1. The van der Waals surface area contributed by atoms with Crippen molar-refractivity contribution in [1.82, 2.24) is 4.90 Å². The predicted molar refractivity (Wildman–Crippen MR) is 115 cm³/mol. The largest absolute Gasteiger partial charge is 0.350 e. The lowest BCUT2D eigenvalue weighted by Crippen LogP contribution is -2.32. The van der Waals surface area contributed by atoms with Gasteiger partial charge in [0, 0.05) is 28.8 Å². The van der Waals surface area contributed by atoms with E-state index in [4.69, 9.17) is 11.6 Å². The van der Waals surface area contributed by atoms with Crippen molar-refractivity contribution >= 4 is 56.6 Å². The highest BCUT2D eigenvalue weighted by atomic mass is 79.9. The fraction of sp³-hybridized carbons (Fsp3) is 0.190. The Morgan fingerprint density at radius 2 is 1.69 bits per heavy atom. The number of benzene rings is 2. The molecule has 0 saturated carbocycles. The first-order chi connectivity index (χ1) is 14.0. The van der Waals surface area contributed by atoms with Crippen LogP contribution in [0.15, 0.2) is 63.7 Å². The van der Waals surface area contributed by atoms with E-state index in [0.29, 0.717) is 16.9 Å². The van der Waals surface area contributed by atoms with Gasteiger partial charge in [-0.05, 0) is 55.3 Å². The van der Waals surface area contributed by atoms with Crippen LogP contribution in [-0.2, 0) is 9.59 Å². The zero-order valence-corrected chi connectivity index (χ0v) is 17.7. The van der Waals surface area contributed by atoms with Crippen LogP contribution in [0.3, 0.4) is 0 Å². The second-order valence-corrected chi connectivity index (χ2v) is 8.11. The number of hydrogen-bond donors (Lipinski definition) is 1. The van der Waals surface area contributed by atoms with Crippen molar-refractivity contribution in [2.24, 2.45) is 0 Å². The number of nitrogens with one attached hydrogen (secondary N) is 1. The van der Waals surface area contributed by atoms with Gasteiger partial charge in [-0.2, -0.15) is 0 Å². The van der Waals surface area contributed by atoms with Gasteiger partial charge in [0.2, 0.25) is 0 Å². The minimum atomic E-state index is -0.592. The summed E-state index contributed by atoms with van der Waals surface area (Å²) in [7, 11) is 0. The van der Waals surface area contributed by atoms with Gasteiger partial charge >= 0.3 is 0 Å². The fourth-order valence-corrected chi connectivity index (χ4v) is 3.89. The first-order valence-electron chi connectivity index (χ1n) is 9.16. The molecule has 0 bridgehead atoms. The number of nitrogens with zero attached hydrogens (tertiary/aromatic N) is 2. The van der Waals surface area contributed by atoms with Crippen LogP contribution >= 0.6 is 27.5 Å². The van der Waals surface area contributed by atoms with Crippen molar-refractivity contribution in [2.75, 3.05) is 23.3 Å². The number of amides is 3. The Balaban J connectivity index is 1.57. The van der Waals surface area contributed by atoms with Crippen LogP contribution in [0.1, 0.15) is 23.2 Å². The SMILES string of the molecule is O=C(c1cccc(NC2=C(Cl)C(=O)N(c3ccc(Br)cc3)C2=O)c1)N1CCCC1. The topological polar surface area (TPSA) is 69.7 Å². The van der Waals surface area contributed by atoms with Crippen molar-refractivity contribution in [3.63, 3.8) is 0 Å². The van der Waals surface area contributed by atoms with Crippen molar-refractivity contribution < 1.29 is 14.4 Å². The van der Waals surface area contributed by atoms with E-state index < -0.39 is 11.8 Å². The van der Waals surface area contributed by atoms with Gasteiger partial charge in [-0.1, -0.05) is 33.6 Å². The molecular weight excluding hydrogens is 458 g/mol. The molecule has 1 N–H and O–H groups in total. The maximum Gasteiger partial charge on any atom is 0.283 e. The van der Waals surface area contributed by atoms with Crippen molar-refractivity contribution in [1.29, 1.82) is 0 Å². The second-order valence-electron chi connectivity index (χ2n) is 6.82. The summed E-state index contributed by atoms with van der Waals surface area (Å²) in [6.07, 6.45) is 2.02. The smallest absolute Gasteiger partial charge is 0.283 e. The van der Waals surface area contributed by atoms with Gasteiger partial charge in [-0.15, -0.1) is 0 Å². The molecule has 0 aliphatic carbocycles. The van der Waals surface area contributed by atoms with Crippen molar-refractivity contribution in [3.05, 3.63) is 69.3 Å². The molecule has 3 amide bonds. The number of imide groups is 1. The van der Waals surface area contributed by atoms with E-state index in [9.17, 15) is 14.4 Å². The van der Waals surface area contributed by atoms with Gasteiger partial charge in [0.05, 0.1) is 5.69 Å². The van der Waals surface area contributed by atoms with E-state index in [0.717, 1.165) is 35.3 Å². The molecule has 0 unspecified atom stereocenters. The van der Waals surface area contributed by atoms with Gasteiger partial charge in [0.25, 0.3) is 17.7 Å². The third kappa shape index (κ3) is 3.80. The number of rotatable bonds is 4. The van der Waals surface area contributed by atoms with Crippen LogP contribution in [0.5, 0.6) is 0 Å². The minimum absolute atomic E-state index is 0.00893. The van der Waals surface area contributed by atoms with E-state index in [-0.39, 0.29) is 16.6 Å². The fourth-order valence-electron chi connectivity index (χ4n) is 3.41. The van der Waals surface area contributed by atoms with E-state index in [2.05, 4.69) is 21.2 Å². The normalized spacial score (nSPS) is 16.8. The summed E-state index contributed by atoms with van der Waals surface area (Å²) in [4.78, 5) is 40.9. The molecule has 0 spiro atoms. The molecule has 0 radical (unpaired) electrons. The maximum absolute atomic E-state index is 12.9. The lowest BCUT2D eigenvalue weighted by atomic mass is 10.1. The van der Waals surface area contributed by atoms with Crippen LogP contribution in [0.25, 0.3) is 0 Å². The zero-order chi connectivity index (χ0) is 20.5. The average Bonchev–Trinajstić information content (AvgIpc) is 3.33. The summed E-state index contributed by atoms with van der Waals surface area (Å²) in [5.74, 6) is -1.18. The number of hydrogen-bond acceptors (Lipinski definition) is 4. The summed E-state index contributed by atoms with van der Waals surface area (Å²) in [5.41, 5.74) is 1.46. The second kappa shape index (κ2) is 8.00. The Bertz CT molecular complexity index is 1030. The van der Waals surface area contributed by atoms with Crippen molar-refractivity contribution in [2.45, 2.75) is 12.8 Å². The molecule has 29 heavy (non-hydrogen) atoms. The van der Waals surface area contributed by atoms with Gasteiger partial charge in [0.1, 0.15) is 10.7 Å². The third-order valence-corrected chi connectivity index (χ3v) is 5.76. The zero-order valence-electron chi connectivity index (χ0n) is 15.3. The highest BCUT2D eigenvalue weighted by molar-refractivity contribution is 9.10. The van der Waals surface area contributed by atoms with Crippen LogP contribution < -0.4 is 10.2 Å². The monoisotopic (exact) mass is 473 g/mol. The van der Waals surface area contributed by atoms with Crippen LogP contribution in [0.2, 0.25) is 0 Å². The van der Waals surface area contributed by atoms with Crippen LogP contribution in [0, 0.1) is 0 Å². The summed E-state index contributed by atoms with van der Waals surface area (Å²) in [5, 5.41) is 2.74. The van der Waals surface area contributed by atoms with Crippen molar-refractivity contribution in [3.8, 4) is 0 Å². The van der Waals surface area contributed by atoms with Gasteiger partial charge < -0.3 is 10.2 Å². The molecule has 2 aromatic rings. The van der Waals surface area contributed by atoms with Gasteiger partial charge in [-0.3, -0.25) is 14.4 Å². The molecule has 1 saturated heterocycles. The Morgan fingerprint density at radius 3 is 2.38 bits per heavy atom. The van der Waals surface area contributed by atoms with Crippen LogP contribution in [-0.4, -0.2) is 35.7 Å². The lowest BCUT2D eigenvalue weighted by molar-refractivity contribution is -0.120. The van der Waals surface area contributed by atoms with Crippen LogP contribution in [0.4, 0.5) is 11.4 Å². The molecule has 2 aliphatic rings. The van der Waals surface area contributed by atoms with E-state index >= 15 is 0 Å². The predicted octanol–water partition coefficient (Wildman–Crippen LogP) is 4.12. The number of carbonyl (C=O) groups is 3. The Kier molecular flexibility index (Phi) is 5.43. The number of halogens is 2. The van der Waals surface area contributed by atoms with E-state index in [1.807, 2.05) is 4.90 Å². The molecule has 6 nitrogen and oxygen atoms in total. The molecule has 4 rings (SSSR count). The molecule has 8 heteroatoms. The molecule has 2 aliphatic heterocycles. The average molecular weight is 475 g/mol. The minimum Gasteiger partial charge on any atom is -0.350 e. The van der Waals surface area contributed by atoms with E-state index in [1.54, 1.807) is 48.5 Å². The number of carbonyl (C=O) groups excluding carboxylic acids is 3. The van der Waals surface area contributed by atoms with Gasteiger partial charge in [0.15, 0.2) is 0 Å². The molecule has 0 aromatic heterocycles. The lowest BCUT2D eigenvalue weighted by Gasteiger charge is -2.17. The molecule has 1 fully saturated rings. The molecular formula is C21H17BrClN3O3. The third-order valence-electron chi connectivity index (χ3n) is 4.88. The standard InChI is InChI=1S/C21H17BrClN3O3/c22-14-6-8-16(9-7-14)26-20(28)17(23)18(21(26)29)24-15-5-3-4-13(12-15)19(27)25-10-1-2-11-25/h3-9,12,24H,1-2,10-11H2. The molecule has 0 atom stereocenters. The molecule has 2 heterocycles. The maximum atomic E-state index is 12.9. The summed E-state index contributed by atoms with van der Waals surface area (Å²) in [6, 6.07) is 13.6. The Hall–Kier alpha value is -2.64. The first kappa shape index (κ1) is 19.7. The molecule has 2 aromatic carbocycles. The Morgan fingerprint density at radius 1 is 1.00 bits per heavy atom. The first-order valence-corrected chi connectivity index (χ1v) is 10.3. The summed E-state index contributed by atoms with van der Waals surface area (Å²) >= 11 is 9.50. The molecule has 148 valence electrons. The summed E-state index contributed by atoms with van der Waals surface area (Å²) in [6.45, 7) is 1.51. The highest BCUT2D eigenvalue weighted by Crippen LogP contribution is 2.31. The quantitative estimate of drug-likeness (QED) is 0.677. The Labute approximate surface area is 181 Å².